The van der Waals surface area contributed by atoms with E-state index in [9.17, 15) is 22.8 Å². The second-order valence-corrected chi connectivity index (χ2v) is 12.2. The summed E-state index contributed by atoms with van der Waals surface area (Å²) < 4.78 is 48.1. The number of carbonyl (C=O) groups excluding carboxylic acids is 2. The molecule has 10 nitrogen and oxygen atoms in total. The molecule has 220 valence electrons. The van der Waals surface area contributed by atoms with Crippen LogP contribution in [0, 0.1) is 12.3 Å². The van der Waals surface area contributed by atoms with E-state index < -0.39 is 23.2 Å². The molecule has 2 amide bonds. The molecule has 1 saturated carbocycles. The molecule has 3 aromatic rings. The molecule has 0 bridgehead atoms. The number of aryl methyl sites for hydroxylation is 1. The maximum absolute atomic E-state index is 13.2. The zero-order valence-electron chi connectivity index (χ0n) is 23.5. The van der Waals surface area contributed by atoms with Crippen molar-refractivity contribution in [2.24, 2.45) is 11.1 Å². The molecule has 1 aliphatic carbocycles. The van der Waals surface area contributed by atoms with Crippen molar-refractivity contribution in [1.29, 1.82) is 0 Å². The minimum atomic E-state index is -4.45. The SMILES string of the molecule is Cc1nn(Cc2cccc(C(F)(F)F)c2)cc1-c1nn(C2CC3(CCN(C(=O)OC(C)(C)C)C3)C2)c(N)c1C(N)=O. The van der Waals surface area contributed by atoms with Crippen molar-refractivity contribution in [3.63, 3.8) is 0 Å². The monoisotopic (exact) mass is 573 g/mol. The van der Waals surface area contributed by atoms with Crippen molar-refractivity contribution in [1.82, 2.24) is 24.5 Å². The van der Waals surface area contributed by atoms with Crippen LogP contribution in [-0.4, -0.2) is 55.2 Å². The van der Waals surface area contributed by atoms with Gasteiger partial charge in [0.25, 0.3) is 5.91 Å². The molecule has 41 heavy (non-hydrogen) atoms. The Morgan fingerprint density at radius 3 is 2.51 bits per heavy atom. The van der Waals surface area contributed by atoms with Crippen molar-refractivity contribution < 1.29 is 27.5 Å². The van der Waals surface area contributed by atoms with Gasteiger partial charge in [0.05, 0.1) is 23.8 Å². The number of halogens is 3. The Morgan fingerprint density at radius 2 is 1.88 bits per heavy atom. The number of ether oxygens (including phenoxy) is 1. The highest BCUT2D eigenvalue weighted by Gasteiger charge is 2.51. The number of nitrogens with two attached hydrogens (primary N) is 2. The van der Waals surface area contributed by atoms with Crippen LogP contribution in [0.3, 0.4) is 0 Å². The van der Waals surface area contributed by atoms with Crippen LogP contribution in [0.1, 0.15) is 73.3 Å². The van der Waals surface area contributed by atoms with Crippen molar-refractivity contribution in [2.75, 3.05) is 18.8 Å². The number of nitrogens with zero attached hydrogens (tertiary/aromatic N) is 5. The predicted octanol–water partition coefficient (Wildman–Crippen LogP) is 4.77. The van der Waals surface area contributed by atoms with E-state index in [0.29, 0.717) is 29.9 Å². The highest BCUT2D eigenvalue weighted by Crippen LogP contribution is 2.55. The van der Waals surface area contributed by atoms with Crippen LogP contribution < -0.4 is 11.5 Å². The van der Waals surface area contributed by atoms with Crippen LogP contribution in [0.15, 0.2) is 30.5 Å². The number of rotatable bonds is 5. The number of primary amides is 1. The van der Waals surface area contributed by atoms with Crippen molar-refractivity contribution in [2.45, 2.75) is 71.3 Å². The van der Waals surface area contributed by atoms with Crippen molar-refractivity contribution >= 4 is 17.8 Å². The van der Waals surface area contributed by atoms with Gasteiger partial charge in [-0.15, -0.1) is 0 Å². The molecule has 0 unspecified atom stereocenters. The molecule has 2 fully saturated rings. The van der Waals surface area contributed by atoms with E-state index >= 15 is 0 Å². The van der Waals surface area contributed by atoms with E-state index in [1.165, 1.54) is 10.7 Å². The largest absolute Gasteiger partial charge is 0.444 e. The maximum atomic E-state index is 13.2. The van der Waals surface area contributed by atoms with Gasteiger partial charge < -0.3 is 21.1 Å². The summed E-state index contributed by atoms with van der Waals surface area (Å²) in [5.74, 6) is -0.584. The Kier molecular flexibility index (Phi) is 6.82. The maximum Gasteiger partial charge on any atom is 0.416 e. The summed E-state index contributed by atoms with van der Waals surface area (Å²) in [5, 5.41) is 9.14. The average molecular weight is 574 g/mol. The van der Waals surface area contributed by atoms with Gasteiger partial charge in [-0.25, -0.2) is 9.48 Å². The Balaban J connectivity index is 1.35. The number of nitrogen functional groups attached to an aromatic ring is 1. The van der Waals surface area contributed by atoms with Gasteiger partial charge in [0.15, 0.2) is 0 Å². The molecule has 2 aromatic heterocycles. The summed E-state index contributed by atoms with van der Waals surface area (Å²) in [4.78, 5) is 26.8. The standard InChI is InChI=1S/C28H34F3N7O3/c1-16-20(14-37(34-16)13-17-6-5-7-18(10-17)28(29,30)31)22-21(24(33)39)23(32)38(35-22)19-11-27(12-19)8-9-36(15-27)25(40)41-26(2,3)4/h5-7,10,14,19H,8-9,11-13,15,32H2,1-4H3,(H2,33,39). The Morgan fingerprint density at radius 1 is 1.17 bits per heavy atom. The third kappa shape index (κ3) is 5.62. The lowest BCUT2D eigenvalue weighted by molar-refractivity contribution is -0.137. The van der Waals surface area contributed by atoms with Crippen LogP contribution in [0.4, 0.5) is 23.8 Å². The average Bonchev–Trinajstić information content (AvgIpc) is 3.52. The lowest BCUT2D eigenvalue weighted by Gasteiger charge is -2.45. The molecule has 4 N–H and O–H groups in total. The second-order valence-electron chi connectivity index (χ2n) is 12.2. The van der Waals surface area contributed by atoms with Gasteiger partial charge >= 0.3 is 12.3 Å². The van der Waals surface area contributed by atoms with Gasteiger partial charge in [-0.1, -0.05) is 12.1 Å². The molecule has 0 radical (unpaired) electrons. The lowest BCUT2D eigenvalue weighted by atomic mass is 9.65. The van der Waals surface area contributed by atoms with Crippen LogP contribution in [0.25, 0.3) is 11.3 Å². The lowest BCUT2D eigenvalue weighted by Crippen LogP contribution is -2.43. The Labute approximate surface area is 235 Å². The molecular formula is C28H34F3N7O3. The number of hydrogen-bond donors (Lipinski definition) is 2. The number of carbonyl (C=O) groups is 2. The Bertz CT molecular complexity index is 1500. The first-order valence-corrected chi connectivity index (χ1v) is 13.4. The highest BCUT2D eigenvalue weighted by molar-refractivity contribution is 6.03. The van der Waals surface area contributed by atoms with E-state index in [2.05, 4.69) is 5.10 Å². The number of benzene rings is 1. The highest BCUT2D eigenvalue weighted by atomic mass is 19.4. The van der Waals surface area contributed by atoms with E-state index in [1.807, 2.05) is 20.8 Å². The minimum Gasteiger partial charge on any atom is -0.444 e. The summed E-state index contributed by atoms with van der Waals surface area (Å²) in [6, 6.07) is 4.96. The molecule has 3 heterocycles. The van der Waals surface area contributed by atoms with Crippen LogP contribution in [0.5, 0.6) is 0 Å². The first-order chi connectivity index (χ1) is 19.1. The minimum absolute atomic E-state index is 0.0707. The zero-order valence-corrected chi connectivity index (χ0v) is 23.5. The molecule has 1 saturated heterocycles. The van der Waals surface area contributed by atoms with Crippen molar-refractivity contribution in [3.05, 3.63) is 52.8 Å². The molecule has 2 aliphatic rings. The van der Waals surface area contributed by atoms with Gasteiger partial charge in [0, 0.05) is 24.8 Å². The van der Waals surface area contributed by atoms with Crippen LogP contribution in [-0.2, 0) is 17.5 Å². The van der Waals surface area contributed by atoms with Gasteiger partial charge in [0.1, 0.15) is 22.7 Å². The number of aromatic nitrogens is 4. The molecule has 5 rings (SSSR count). The summed E-state index contributed by atoms with van der Waals surface area (Å²) in [7, 11) is 0. The first kappa shape index (κ1) is 28.5. The molecule has 0 atom stereocenters. The van der Waals surface area contributed by atoms with Gasteiger partial charge in [-0.2, -0.15) is 23.4 Å². The number of amides is 2. The fourth-order valence-electron chi connectivity index (χ4n) is 5.89. The van der Waals surface area contributed by atoms with Gasteiger partial charge in [-0.3, -0.25) is 9.48 Å². The second kappa shape index (κ2) is 9.81. The zero-order chi connectivity index (χ0) is 29.9. The first-order valence-electron chi connectivity index (χ1n) is 13.4. The molecular weight excluding hydrogens is 539 g/mol. The summed E-state index contributed by atoms with van der Waals surface area (Å²) in [6.07, 6.45) is -0.860. The van der Waals surface area contributed by atoms with E-state index in [-0.39, 0.29) is 41.2 Å². The van der Waals surface area contributed by atoms with Crippen LogP contribution in [0.2, 0.25) is 0 Å². The Hall–Kier alpha value is -4.03. The summed E-state index contributed by atoms with van der Waals surface area (Å²) in [6.45, 7) is 8.50. The van der Waals surface area contributed by atoms with Crippen LogP contribution >= 0.6 is 0 Å². The number of likely N-dealkylation sites (tertiary alicyclic amines) is 1. The fraction of sp³-hybridized carbons (Fsp3) is 0.500. The third-order valence-corrected chi connectivity index (χ3v) is 7.77. The number of hydrogen-bond acceptors (Lipinski definition) is 6. The van der Waals surface area contributed by atoms with E-state index in [4.69, 9.17) is 21.3 Å². The number of alkyl halides is 3. The summed E-state index contributed by atoms with van der Waals surface area (Å²) >= 11 is 0. The molecule has 1 spiro atoms. The topological polar surface area (TPSA) is 134 Å². The quantitative estimate of drug-likeness (QED) is 0.452. The normalized spacial score (nSPS) is 20.9. The smallest absolute Gasteiger partial charge is 0.416 e. The van der Waals surface area contributed by atoms with Crippen molar-refractivity contribution in [3.8, 4) is 11.3 Å². The molecule has 13 heteroatoms. The van der Waals surface area contributed by atoms with Gasteiger partial charge in [-0.05, 0) is 70.1 Å². The number of anilines is 1. The summed E-state index contributed by atoms with van der Waals surface area (Å²) in [5.41, 5.74) is 12.6. The van der Waals surface area contributed by atoms with E-state index in [0.717, 1.165) is 31.4 Å². The molecule has 1 aliphatic heterocycles. The van der Waals surface area contributed by atoms with E-state index in [1.54, 1.807) is 28.8 Å². The molecule has 1 aromatic carbocycles. The van der Waals surface area contributed by atoms with Gasteiger partial charge in [0.2, 0.25) is 0 Å². The fourth-order valence-corrected chi connectivity index (χ4v) is 5.89. The predicted molar refractivity (Wildman–Crippen MR) is 145 cm³/mol. The third-order valence-electron chi connectivity index (χ3n) is 7.77.